The standard InChI is InChI=1S/C16H22N4O2S/c1-3-12-5-10-23-15(12)16(21)20-8-6-19(7-9-20)11-13-17-14(4-2)22-18-13/h5,10H,3-4,6-9,11H2,1-2H3. The van der Waals surface area contributed by atoms with Crippen LogP contribution in [0.3, 0.4) is 0 Å². The van der Waals surface area contributed by atoms with Gasteiger partial charge in [0, 0.05) is 32.6 Å². The molecule has 1 fully saturated rings. The quantitative estimate of drug-likeness (QED) is 0.839. The third kappa shape index (κ3) is 3.61. The minimum Gasteiger partial charge on any atom is -0.339 e. The summed E-state index contributed by atoms with van der Waals surface area (Å²) in [4.78, 5) is 22.1. The summed E-state index contributed by atoms with van der Waals surface area (Å²) in [5.41, 5.74) is 1.15. The van der Waals surface area contributed by atoms with Crippen LogP contribution in [0.4, 0.5) is 0 Å². The Morgan fingerprint density at radius 1 is 1.26 bits per heavy atom. The maximum atomic E-state index is 12.6. The van der Waals surface area contributed by atoms with Crippen LogP contribution in [-0.4, -0.2) is 52.0 Å². The van der Waals surface area contributed by atoms with Crippen LogP contribution >= 0.6 is 11.3 Å². The van der Waals surface area contributed by atoms with E-state index in [0.29, 0.717) is 12.4 Å². The lowest BCUT2D eigenvalue weighted by atomic mass is 10.2. The lowest BCUT2D eigenvalue weighted by Crippen LogP contribution is -2.48. The number of carbonyl (C=O) groups excluding carboxylic acids is 1. The van der Waals surface area contributed by atoms with Crippen LogP contribution in [0, 0.1) is 0 Å². The van der Waals surface area contributed by atoms with Crippen molar-refractivity contribution in [2.24, 2.45) is 0 Å². The van der Waals surface area contributed by atoms with Crippen molar-refractivity contribution >= 4 is 17.2 Å². The lowest BCUT2D eigenvalue weighted by Gasteiger charge is -2.34. The molecule has 1 amide bonds. The van der Waals surface area contributed by atoms with E-state index >= 15 is 0 Å². The van der Waals surface area contributed by atoms with Gasteiger partial charge in [0.05, 0.1) is 11.4 Å². The fourth-order valence-electron chi connectivity index (χ4n) is 2.75. The van der Waals surface area contributed by atoms with E-state index in [1.807, 2.05) is 17.2 Å². The highest BCUT2D eigenvalue weighted by atomic mass is 32.1. The molecule has 0 radical (unpaired) electrons. The normalized spacial score (nSPS) is 16.0. The number of rotatable bonds is 5. The van der Waals surface area contributed by atoms with E-state index in [2.05, 4.69) is 28.0 Å². The number of piperazine rings is 1. The molecule has 0 saturated carbocycles. The zero-order valence-corrected chi connectivity index (χ0v) is 14.4. The van der Waals surface area contributed by atoms with Gasteiger partial charge in [-0.05, 0) is 23.4 Å². The minimum atomic E-state index is 0.171. The highest BCUT2D eigenvalue weighted by molar-refractivity contribution is 7.12. The second-order valence-corrected chi connectivity index (χ2v) is 6.57. The van der Waals surface area contributed by atoms with Crippen LogP contribution in [0.1, 0.15) is 40.8 Å². The molecule has 1 aliphatic heterocycles. The Morgan fingerprint density at radius 2 is 2.04 bits per heavy atom. The Bertz CT molecular complexity index is 659. The molecule has 23 heavy (non-hydrogen) atoms. The third-order valence-corrected chi connectivity index (χ3v) is 5.10. The molecule has 7 heteroatoms. The van der Waals surface area contributed by atoms with Crippen molar-refractivity contribution in [3.8, 4) is 0 Å². The molecule has 124 valence electrons. The first-order valence-corrected chi connectivity index (χ1v) is 8.98. The summed E-state index contributed by atoms with van der Waals surface area (Å²) >= 11 is 1.55. The van der Waals surface area contributed by atoms with E-state index in [9.17, 15) is 4.79 Å². The topological polar surface area (TPSA) is 62.5 Å². The Hall–Kier alpha value is -1.73. The predicted octanol–water partition coefficient (Wildman–Crippen LogP) is 2.21. The number of carbonyl (C=O) groups is 1. The molecule has 0 unspecified atom stereocenters. The largest absolute Gasteiger partial charge is 0.339 e. The summed E-state index contributed by atoms with van der Waals surface area (Å²) < 4.78 is 5.14. The molecule has 0 N–H and O–H groups in total. The van der Waals surface area contributed by atoms with Gasteiger partial charge in [-0.25, -0.2) is 0 Å². The van der Waals surface area contributed by atoms with E-state index in [4.69, 9.17) is 4.52 Å². The summed E-state index contributed by atoms with van der Waals surface area (Å²) in [5, 5.41) is 6.00. The van der Waals surface area contributed by atoms with Gasteiger partial charge in [0.2, 0.25) is 5.89 Å². The first-order chi connectivity index (χ1) is 11.2. The lowest BCUT2D eigenvalue weighted by molar-refractivity contribution is 0.0628. The van der Waals surface area contributed by atoms with Crippen LogP contribution in [0.25, 0.3) is 0 Å². The van der Waals surface area contributed by atoms with E-state index in [-0.39, 0.29) is 5.91 Å². The van der Waals surface area contributed by atoms with Crippen molar-refractivity contribution in [2.75, 3.05) is 26.2 Å². The van der Waals surface area contributed by atoms with Gasteiger partial charge in [0.15, 0.2) is 5.82 Å². The van der Waals surface area contributed by atoms with Crippen molar-refractivity contribution in [2.45, 2.75) is 33.2 Å². The predicted molar refractivity (Wildman–Crippen MR) is 88.6 cm³/mol. The van der Waals surface area contributed by atoms with E-state index in [1.54, 1.807) is 11.3 Å². The maximum Gasteiger partial charge on any atom is 0.264 e. The Labute approximate surface area is 140 Å². The van der Waals surface area contributed by atoms with Crippen LogP contribution in [0.5, 0.6) is 0 Å². The van der Waals surface area contributed by atoms with Crippen LogP contribution in [0.2, 0.25) is 0 Å². The summed E-state index contributed by atoms with van der Waals surface area (Å²) in [6, 6.07) is 2.05. The average Bonchev–Trinajstić information content (AvgIpc) is 3.23. The summed E-state index contributed by atoms with van der Waals surface area (Å²) in [5.74, 6) is 1.58. The van der Waals surface area contributed by atoms with Gasteiger partial charge in [-0.3, -0.25) is 9.69 Å². The summed E-state index contributed by atoms with van der Waals surface area (Å²) in [7, 11) is 0. The smallest absolute Gasteiger partial charge is 0.264 e. The highest BCUT2D eigenvalue weighted by Gasteiger charge is 2.25. The molecule has 6 nitrogen and oxygen atoms in total. The molecule has 0 spiro atoms. The first-order valence-electron chi connectivity index (χ1n) is 8.10. The molecule has 1 saturated heterocycles. The minimum absolute atomic E-state index is 0.171. The summed E-state index contributed by atoms with van der Waals surface area (Å²) in [6.07, 6.45) is 1.66. The molecule has 0 aliphatic carbocycles. The van der Waals surface area contributed by atoms with Gasteiger partial charge >= 0.3 is 0 Å². The molecular formula is C16H22N4O2S. The second kappa shape index (κ2) is 7.23. The monoisotopic (exact) mass is 334 g/mol. The fraction of sp³-hybridized carbons (Fsp3) is 0.562. The zero-order valence-electron chi connectivity index (χ0n) is 13.6. The Kier molecular flexibility index (Phi) is 5.07. The van der Waals surface area contributed by atoms with Gasteiger partial charge in [-0.2, -0.15) is 4.98 Å². The number of hydrogen-bond donors (Lipinski definition) is 0. The number of thiophene rings is 1. The molecular weight excluding hydrogens is 312 g/mol. The molecule has 1 aliphatic rings. The van der Waals surface area contributed by atoms with Crippen molar-refractivity contribution in [1.29, 1.82) is 0 Å². The highest BCUT2D eigenvalue weighted by Crippen LogP contribution is 2.20. The third-order valence-electron chi connectivity index (χ3n) is 4.16. The Morgan fingerprint density at radius 3 is 2.70 bits per heavy atom. The van der Waals surface area contributed by atoms with Crippen molar-refractivity contribution < 1.29 is 9.32 Å². The van der Waals surface area contributed by atoms with Crippen molar-refractivity contribution in [3.05, 3.63) is 33.6 Å². The number of amides is 1. The zero-order chi connectivity index (χ0) is 16.2. The summed E-state index contributed by atoms with van der Waals surface area (Å²) in [6.45, 7) is 7.95. The maximum absolute atomic E-state index is 12.6. The van der Waals surface area contributed by atoms with Crippen molar-refractivity contribution in [1.82, 2.24) is 19.9 Å². The van der Waals surface area contributed by atoms with Crippen molar-refractivity contribution in [3.63, 3.8) is 0 Å². The second-order valence-electron chi connectivity index (χ2n) is 5.65. The van der Waals surface area contributed by atoms with Crippen LogP contribution in [0.15, 0.2) is 16.0 Å². The van der Waals surface area contributed by atoms with Crippen LogP contribution in [-0.2, 0) is 19.4 Å². The number of nitrogens with zero attached hydrogens (tertiary/aromatic N) is 4. The van der Waals surface area contributed by atoms with Crippen LogP contribution < -0.4 is 0 Å². The van der Waals surface area contributed by atoms with Gasteiger partial charge in [0.25, 0.3) is 5.91 Å². The SMILES string of the molecule is CCc1nc(CN2CCN(C(=O)c3sccc3CC)CC2)no1. The average molecular weight is 334 g/mol. The molecule has 3 rings (SSSR count). The molecule has 2 aromatic rings. The fourth-order valence-corrected chi connectivity index (χ4v) is 3.71. The van der Waals surface area contributed by atoms with Gasteiger partial charge in [-0.15, -0.1) is 11.3 Å². The van der Waals surface area contributed by atoms with Gasteiger partial charge < -0.3 is 9.42 Å². The van der Waals surface area contributed by atoms with Gasteiger partial charge in [0.1, 0.15) is 0 Å². The van der Waals surface area contributed by atoms with Gasteiger partial charge in [-0.1, -0.05) is 19.0 Å². The molecule has 0 aromatic carbocycles. The first kappa shape index (κ1) is 16.1. The Balaban J connectivity index is 1.54. The van der Waals surface area contributed by atoms with E-state index in [0.717, 1.165) is 55.3 Å². The molecule has 3 heterocycles. The number of aryl methyl sites for hydroxylation is 2. The molecule has 0 bridgehead atoms. The molecule has 2 aromatic heterocycles. The molecule has 0 atom stereocenters. The van der Waals surface area contributed by atoms with E-state index < -0.39 is 0 Å². The van der Waals surface area contributed by atoms with E-state index in [1.165, 1.54) is 0 Å². The number of hydrogen-bond acceptors (Lipinski definition) is 6. The number of aromatic nitrogens is 2.